The third kappa shape index (κ3) is 2.93. The van der Waals surface area contributed by atoms with Gasteiger partial charge in [-0.15, -0.1) is 0 Å². The number of urea groups is 1. The molecular weight excluding hydrogens is 241 g/mol. The van der Waals surface area contributed by atoms with E-state index >= 15 is 0 Å². The van der Waals surface area contributed by atoms with Crippen molar-refractivity contribution < 1.29 is 18.7 Å². The number of esters is 1. The maximum absolute atomic E-state index is 12.6. The monoisotopic (exact) mass is 253 g/mol. The zero-order chi connectivity index (χ0) is 13.1. The normalized spacial score (nSPS) is 22.4. The Morgan fingerprint density at radius 2 is 2.33 bits per heavy atom. The van der Waals surface area contributed by atoms with E-state index < -0.39 is 23.9 Å². The molecule has 2 unspecified atom stereocenters. The van der Waals surface area contributed by atoms with Crippen LogP contribution >= 0.6 is 0 Å². The number of anilines is 1. The van der Waals surface area contributed by atoms with Crippen molar-refractivity contribution in [2.75, 3.05) is 5.32 Å². The molecule has 1 aromatic heterocycles. The van der Waals surface area contributed by atoms with Gasteiger partial charge in [0.05, 0.1) is 6.20 Å². The van der Waals surface area contributed by atoms with Crippen molar-refractivity contribution in [2.45, 2.75) is 25.5 Å². The lowest BCUT2D eigenvalue weighted by molar-refractivity contribution is -0.142. The molecule has 0 bridgehead atoms. The van der Waals surface area contributed by atoms with Gasteiger partial charge in [-0.1, -0.05) is 0 Å². The Morgan fingerprint density at radius 1 is 1.56 bits per heavy atom. The lowest BCUT2D eigenvalue weighted by Gasteiger charge is -2.09. The molecule has 0 aliphatic carbocycles. The Morgan fingerprint density at radius 3 is 2.89 bits per heavy atom. The summed E-state index contributed by atoms with van der Waals surface area (Å²) in [4.78, 5) is 26.5. The van der Waals surface area contributed by atoms with Crippen LogP contribution in [0.2, 0.25) is 0 Å². The summed E-state index contributed by atoms with van der Waals surface area (Å²) in [6.07, 6.45) is 1.22. The minimum atomic E-state index is -0.652. The molecule has 0 radical (unpaired) electrons. The van der Waals surface area contributed by atoms with Crippen LogP contribution < -0.4 is 10.6 Å². The molecule has 2 rings (SSSR count). The van der Waals surface area contributed by atoms with Crippen molar-refractivity contribution in [1.82, 2.24) is 10.3 Å². The Labute approximate surface area is 103 Å². The fourth-order valence-electron chi connectivity index (χ4n) is 1.63. The second kappa shape index (κ2) is 4.99. The minimum absolute atomic E-state index is 0.202. The van der Waals surface area contributed by atoms with Gasteiger partial charge in [-0.05, 0) is 19.1 Å². The number of carbonyl (C=O) groups is 2. The van der Waals surface area contributed by atoms with Crippen LogP contribution in [0.25, 0.3) is 0 Å². The molecule has 1 aliphatic heterocycles. The first-order valence-corrected chi connectivity index (χ1v) is 5.44. The van der Waals surface area contributed by atoms with Crippen molar-refractivity contribution in [2.24, 2.45) is 0 Å². The highest BCUT2D eigenvalue weighted by Gasteiger charge is 2.32. The van der Waals surface area contributed by atoms with Gasteiger partial charge in [0.25, 0.3) is 0 Å². The molecule has 18 heavy (non-hydrogen) atoms. The summed E-state index contributed by atoms with van der Waals surface area (Å²) in [7, 11) is 0. The average Bonchev–Trinajstić information content (AvgIpc) is 2.61. The number of carbonyl (C=O) groups excluding carboxylic acids is 2. The van der Waals surface area contributed by atoms with Crippen LogP contribution in [-0.4, -0.2) is 29.1 Å². The van der Waals surface area contributed by atoms with Crippen molar-refractivity contribution in [1.29, 1.82) is 0 Å². The highest BCUT2D eigenvalue weighted by atomic mass is 19.1. The number of nitrogens with one attached hydrogen (secondary N) is 2. The van der Waals surface area contributed by atoms with Crippen molar-refractivity contribution in [3.05, 3.63) is 24.1 Å². The van der Waals surface area contributed by atoms with Crippen LogP contribution in [0.3, 0.4) is 0 Å². The van der Waals surface area contributed by atoms with Gasteiger partial charge in [-0.2, -0.15) is 0 Å². The van der Waals surface area contributed by atoms with Crippen LogP contribution in [0.1, 0.15) is 13.3 Å². The molecule has 1 aromatic rings. The maximum atomic E-state index is 12.6. The average molecular weight is 253 g/mol. The zero-order valence-electron chi connectivity index (χ0n) is 9.64. The first-order chi connectivity index (χ1) is 8.54. The molecule has 2 amide bonds. The first kappa shape index (κ1) is 12.3. The molecule has 1 fully saturated rings. The number of cyclic esters (lactones) is 1. The summed E-state index contributed by atoms with van der Waals surface area (Å²) in [6.45, 7) is 1.75. The molecule has 1 aliphatic rings. The lowest BCUT2D eigenvalue weighted by atomic mass is 10.2. The van der Waals surface area contributed by atoms with Crippen LogP contribution in [0, 0.1) is 5.82 Å². The summed E-state index contributed by atoms with van der Waals surface area (Å²) in [5.74, 6) is -0.743. The van der Waals surface area contributed by atoms with Gasteiger partial charge in [0, 0.05) is 6.42 Å². The number of ether oxygens (including phenoxy) is 1. The van der Waals surface area contributed by atoms with Crippen LogP contribution in [0.5, 0.6) is 0 Å². The van der Waals surface area contributed by atoms with Gasteiger partial charge >= 0.3 is 12.0 Å². The second-order valence-corrected chi connectivity index (χ2v) is 4.00. The number of nitrogens with zero attached hydrogens (tertiary/aromatic N) is 1. The van der Waals surface area contributed by atoms with Crippen LogP contribution in [0.15, 0.2) is 18.3 Å². The third-order valence-electron chi connectivity index (χ3n) is 2.44. The maximum Gasteiger partial charge on any atom is 0.329 e. The van der Waals surface area contributed by atoms with Crippen molar-refractivity contribution in [3.8, 4) is 0 Å². The summed E-state index contributed by atoms with van der Waals surface area (Å²) < 4.78 is 17.5. The second-order valence-electron chi connectivity index (χ2n) is 4.00. The molecular formula is C11H12FN3O3. The Kier molecular flexibility index (Phi) is 3.40. The van der Waals surface area contributed by atoms with E-state index in [0.717, 1.165) is 6.20 Å². The molecule has 0 aromatic carbocycles. The highest BCUT2D eigenvalue weighted by molar-refractivity contribution is 5.92. The van der Waals surface area contributed by atoms with Gasteiger partial charge in [0.2, 0.25) is 0 Å². The van der Waals surface area contributed by atoms with E-state index in [1.54, 1.807) is 6.92 Å². The van der Waals surface area contributed by atoms with Crippen LogP contribution in [-0.2, 0) is 9.53 Å². The number of halogens is 1. The van der Waals surface area contributed by atoms with E-state index in [1.807, 2.05) is 0 Å². The topological polar surface area (TPSA) is 80.3 Å². The summed E-state index contributed by atoms with van der Waals surface area (Å²) >= 11 is 0. The van der Waals surface area contributed by atoms with Gasteiger partial charge in [0.15, 0.2) is 0 Å². The minimum Gasteiger partial charge on any atom is -0.461 e. The number of rotatable bonds is 2. The zero-order valence-corrected chi connectivity index (χ0v) is 9.64. The molecule has 96 valence electrons. The Balaban J connectivity index is 1.89. The predicted molar refractivity (Wildman–Crippen MR) is 60.3 cm³/mol. The number of hydrogen-bond donors (Lipinski definition) is 2. The molecule has 0 spiro atoms. The molecule has 2 atom stereocenters. The lowest BCUT2D eigenvalue weighted by Crippen LogP contribution is -2.40. The summed E-state index contributed by atoms with van der Waals surface area (Å²) in [5.41, 5.74) is 0. The largest absolute Gasteiger partial charge is 0.461 e. The highest BCUT2D eigenvalue weighted by Crippen LogP contribution is 2.14. The quantitative estimate of drug-likeness (QED) is 0.772. The SMILES string of the molecule is CC1CC(NC(=O)Nc2ccc(F)cn2)C(=O)O1. The summed E-state index contributed by atoms with van der Waals surface area (Å²) in [6, 6.07) is 1.27. The number of aromatic nitrogens is 1. The van der Waals surface area contributed by atoms with Gasteiger partial charge in [-0.25, -0.2) is 19.0 Å². The van der Waals surface area contributed by atoms with Crippen molar-refractivity contribution >= 4 is 17.8 Å². The third-order valence-corrected chi connectivity index (χ3v) is 2.44. The number of pyridine rings is 1. The molecule has 0 saturated carbocycles. The first-order valence-electron chi connectivity index (χ1n) is 5.44. The molecule has 2 N–H and O–H groups in total. The van der Waals surface area contributed by atoms with Crippen LogP contribution in [0.4, 0.5) is 15.0 Å². The summed E-state index contributed by atoms with van der Waals surface area (Å²) in [5, 5.41) is 4.86. The Hall–Kier alpha value is -2.18. The Bertz CT molecular complexity index is 463. The fourth-order valence-corrected chi connectivity index (χ4v) is 1.63. The smallest absolute Gasteiger partial charge is 0.329 e. The molecule has 6 nitrogen and oxygen atoms in total. The van der Waals surface area contributed by atoms with E-state index in [1.165, 1.54) is 12.1 Å². The van der Waals surface area contributed by atoms with E-state index in [0.29, 0.717) is 6.42 Å². The van der Waals surface area contributed by atoms with E-state index in [9.17, 15) is 14.0 Å². The van der Waals surface area contributed by atoms with E-state index in [-0.39, 0.29) is 11.9 Å². The van der Waals surface area contributed by atoms with E-state index in [4.69, 9.17) is 4.74 Å². The van der Waals surface area contributed by atoms with E-state index in [2.05, 4.69) is 15.6 Å². The van der Waals surface area contributed by atoms with Gasteiger partial charge in [0.1, 0.15) is 23.8 Å². The number of amides is 2. The standard InChI is InChI=1S/C11H12FN3O3/c1-6-4-8(10(16)18-6)14-11(17)15-9-3-2-7(12)5-13-9/h2-3,5-6,8H,4H2,1H3,(H2,13,14,15,17). The van der Waals surface area contributed by atoms with Gasteiger partial charge in [-0.3, -0.25) is 5.32 Å². The fraction of sp³-hybridized carbons (Fsp3) is 0.364. The van der Waals surface area contributed by atoms with Crippen molar-refractivity contribution in [3.63, 3.8) is 0 Å². The number of hydrogen-bond acceptors (Lipinski definition) is 4. The molecule has 7 heteroatoms. The predicted octanol–water partition coefficient (Wildman–Crippen LogP) is 1.05. The van der Waals surface area contributed by atoms with Gasteiger partial charge < -0.3 is 10.1 Å². The molecule has 1 saturated heterocycles. The molecule has 2 heterocycles.